The number of hydrogen-bond acceptors (Lipinski definition) is 6. The van der Waals surface area contributed by atoms with Crippen LogP contribution in [-0.2, 0) is 0 Å². The summed E-state index contributed by atoms with van der Waals surface area (Å²) in [5, 5.41) is 3.49. The Kier molecular flexibility index (Phi) is 7.28. The normalized spacial score (nSPS) is 14.5. The number of benzene rings is 2. The van der Waals surface area contributed by atoms with Crippen molar-refractivity contribution in [2.45, 2.75) is 26.3 Å². The number of carbonyl (C=O) groups is 1. The number of aromatic nitrogens is 2. The third-order valence-electron chi connectivity index (χ3n) is 6.89. The molecule has 1 atom stereocenters. The Labute approximate surface area is 223 Å². The number of carbonyl (C=O) groups excluding carboxylic acids is 1. The van der Waals surface area contributed by atoms with E-state index in [1.54, 1.807) is 0 Å². The van der Waals surface area contributed by atoms with Gasteiger partial charge in [0.1, 0.15) is 22.8 Å². The molecule has 3 heterocycles. The highest BCUT2D eigenvalue weighted by molar-refractivity contribution is 6.11. The van der Waals surface area contributed by atoms with Crippen LogP contribution in [0.25, 0.3) is 22.2 Å². The standard InChI is InChI=1S/C29H27F3N4O3/c1-4-36(5-2)28-19(29(37)35-21-10-11-39-22-9-7-6-8-17(21)22)14-33-27-24(28)23(38-3)15-34-26(27)18-12-16(30)13-20(31)25(18)32/h6-9,12-15,21H,4-5,10-11H2,1-3H3,(H,35,37)/t21-/m0/s1. The second kappa shape index (κ2) is 10.8. The molecule has 39 heavy (non-hydrogen) atoms. The SMILES string of the molecule is CCN(CC)c1c(C(=O)N[C@H]2CCOc3ccccc32)cnc2c(-c3cc(F)cc(F)c3F)ncc(OC)c12. The molecule has 202 valence electrons. The molecular weight excluding hydrogens is 509 g/mol. The van der Waals surface area contributed by atoms with Crippen molar-refractivity contribution < 1.29 is 27.4 Å². The highest BCUT2D eigenvalue weighted by atomic mass is 19.2. The summed E-state index contributed by atoms with van der Waals surface area (Å²) in [5.41, 5.74) is 1.35. The number of nitrogens with zero attached hydrogens (tertiary/aromatic N) is 3. The molecular formula is C29H27F3N4O3. The molecule has 0 aliphatic carbocycles. The Balaban J connectivity index is 1.70. The maximum absolute atomic E-state index is 14.8. The van der Waals surface area contributed by atoms with Crippen molar-refractivity contribution in [3.8, 4) is 22.8 Å². The van der Waals surface area contributed by atoms with Crippen molar-refractivity contribution in [1.29, 1.82) is 0 Å². The smallest absolute Gasteiger partial charge is 0.255 e. The van der Waals surface area contributed by atoms with Gasteiger partial charge in [-0.2, -0.15) is 0 Å². The summed E-state index contributed by atoms with van der Waals surface area (Å²) in [6.07, 6.45) is 3.31. The van der Waals surface area contributed by atoms with Gasteiger partial charge in [-0.05, 0) is 26.0 Å². The predicted octanol–water partition coefficient (Wildman–Crippen LogP) is 5.82. The minimum atomic E-state index is -1.34. The summed E-state index contributed by atoms with van der Waals surface area (Å²) in [7, 11) is 1.44. The fraction of sp³-hybridized carbons (Fsp3) is 0.276. The molecule has 2 aromatic carbocycles. The maximum Gasteiger partial charge on any atom is 0.255 e. The van der Waals surface area contributed by atoms with Crippen LogP contribution >= 0.6 is 0 Å². The van der Waals surface area contributed by atoms with Gasteiger partial charge in [0.15, 0.2) is 11.6 Å². The number of halogens is 3. The molecule has 0 spiro atoms. The van der Waals surface area contributed by atoms with E-state index in [1.807, 2.05) is 43.0 Å². The van der Waals surface area contributed by atoms with Crippen molar-refractivity contribution in [3.63, 3.8) is 0 Å². The Morgan fingerprint density at radius 1 is 1.13 bits per heavy atom. The lowest BCUT2D eigenvalue weighted by molar-refractivity contribution is 0.0925. The van der Waals surface area contributed by atoms with Crippen molar-refractivity contribution in [2.75, 3.05) is 31.7 Å². The van der Waals surface area contributed by atoms with Gasteiger partial charge in [0.25, 0.3) is 5.91 Å². The molecule has 1 aliphatic rings. The number of rotatable bonds is 7. The fourth-order valence-electron chi connectivity index (χ4n) is 5.01. The van der Waals surface area contributed by atoms with Gasteiger partial charge >= 0.3 is 0 Å². The first-order valence-corrected chi connectivity index (χ1v) is 12.7. The lowest BCUT2D eigenvalue weighted by atomic mass is 9.99. The van der Waals surface area contributed by atoms with Crippen molar-refractivity contribution in [3.05, 3.63) is 77.4 Å². The van der Waals surface area contributed by atoms with Gasteiger partial charge in [-0.25, -0.2) is 18.2 Å². The molecule has 10 heteroatoms. The van der Waals surface area contributed by atoms with E-state index in [0.717, 1.165) is 17.4 Å². The third kappa shape index (κ3) is 4.71. The number of ether oxygens (including phenoxy) is 2. The van der Waals surface area contributed by atoms with Gasteiger partial charge in [0.05, 0.1) is 48.3 Å². The van der Waals surface area contributed by atoms with E-state index >= 15 is 0 Å². The number of pyridine rings is 2. The first kappa shape index (κ1) is 26.3. The average Bonchev–Trinajstić information content (AvgIpc) is 2.95. The zero-order chi connectivity index (χ0) is 27.7. The monoisotopic (exact) mass is 536 g/mol. The molecule has 0 bridgehead atoms. The number of fused-ring (bicyclic) bond motifs is 2. The largest absolute Gasteiger partial charge is 0.494 e. The number of nitrogens with one attached hydrogen (secondary N) is 1. The lowest BCUT2D eigenvalue weighted by Crippen LogP contribution is -2.34. The molecule has 0 radical (unpaired) electrons. The molecule has 1 N–H and O–H groups in total. The Hall–Kier alpha value is -4.34. The maximum atomic E-state index is 14.8. The van der Waals surface area contributed by atoms with E-state index in [0.29, 0.717) is 43.3 Å². The number of anilines is 1. The first-order chi connectivity index (χ1) is 18.9. The van der Waals surface area contributed by atoms with Crippen LogP contribution in [0.1, 0.15) is 42.2 Å². The van der Waals surface area contributed by atoms with E-state index in [1.165, 1.54) is 19.5 Å². The van der Waals surface area contributed by atoms with E-state index in [4.69, 9.17) is 9.47 Å². The lowest BCUT2D eigenvalue weighted by Gasteiger charge is -2.29. The molecule has 0 unspecified atom stereocenters. The highest BCUT2D eigenvalue weighted by Gasteiger charge is 2.28. The van der Waals surface area contributed by atoms with E-state index in [2.05, 4.69) is 15.3 Å². The van der Waals surface area contributed by atoms with Crippen LogP contribution in [0.4, 0.5) is 18.9 Å². The first-order valence-electron chi connectivity index (χ1n) is 12.7. The number of para-hydroxylation sites is 1. The van der Waals surface area contributed by atoms with Crippen LogP contribution in [0, 0.1) is 17.5 Å². The van der Waals surface area contributed by atoms with Crippen LogP contribution in [0.5, 0.6) is 11.5 Å². The number of hydrogen-bond donors (Lipinski definition) is 1. The minimum absolute atomic E-state index is 0.0691. The van der Waals surface area contributed by atoms with Crippen molar-refractivity contribution in [2.24, 2.45) is 0 Å². The van der Waals surface area contributed by atoms with Gasteiger partial charge in [0.2, 0.25) is 0 Å². The Morgan fingerprint density at radius 2 is 1.90 bits per heavy atom. The average molecular weight is 537 g/mol. The summed E-state index contributed by atoms with van der Waals surface area (Å²) in [5.74, 6) is -2.90. The topological polar surface area (TPSA) is 76.6 Å². The van der Waals surface area contributed by atoms with Crippen LogP contribution in [-0.4, -0.2) is 42.7 Å². The van der Waals surface area contributed by atoms with Crippen molar-refractivity contribution in [1.82, 2.24) is 15.3 Å². The summed E-state index contributed by atoms with van der Waals surface area (Å²) >= 11 is 0. The summed E-state index contributed by atoms with van der Waals surface area (Å²) < 4.78 is 54.4. The fourth-order valence-corrected chi connectivity index (χ4v) is 5.01. The second-order valence-electron chi connectivity index (χ2n) is 9.04. The Bertz CT molecular complexity index is 1560. The minimum Gasteiger partial charge on any atom is -0.494 e. The molecule has 4 aromatic rings. The van der Waals surface area contributed by atoms with Crippen LogP contribution < -0.4 is 19.7 Å². The van der Waals surface area contributed by atoms with Crippen LogP contribution in [0.3, 0.4) is 0 Å². The van der Waals surface area contributed by atoms with Gasteiger partial charge in [-0.15, -0.1) is 0 Å². The van der Waals surface area contributed by atoms with Gasteiger partial charge in [-0.3, -0.25) is 9.78 Å². The van der Waals surface area contributed by atoms with Crippen LogP contribution in [0.15, 0.2) is 48.8 Å². The van der Waals surface area contributed by atoms with Crippen molar-refractivity contribution >= 4 is 22.5 Å². The van der Waals surface area contributed by atoms with Gasteiger partial charge < -0.3 is 19.7 Å². The second-order valence-corrected chi connectivity index (χ2v) is 9.04. The third-order valence-corrected chi connectivity index (χ3v) is 6.89. The van der Waals surface area contributed by atoms with Crippen LogP contribution in [0.2, 0.25) is 0 Å². The number of amides is 1. The molecule has 7 nitrogen and oxygen atoms in total. The predicted molar refractivity (Wildman–Crippen MR) is 142 cm³/mol. The quantitative estimate of drug-likeness (QED) is 0.300. The van der Waals surface area contributed by atoms with E-state index < -0.39 is 17.5 Å². The highest BCUT2D eigenvalue weighted by Crippen LogP contribution is 2.41. The molecule has 5 rings (SSSR count). The van der Waals surface area contributed by atoms with E-state index in [9.17, 15) is 18.0 Å². The summed E-state index contributed by atoms with van der Waals surface area (Å²) in [4.78, 5) is 24.5. The molecule has 1 aliphatic heterocycles. The molecule has 2 aromatic heterocycles. The molecule has 0 fully saturated rings. The molecule has 0 saturated heterocycles. The van der Waals surface area contributed by atoms with E-state index in [-0.39, 0.29) is 40.0 Å². The van der Waals surface area contributed by atoms with Gasteiger partial charge in [-0.1, -0.05) is 18.2 Å². The Morgan fingerprint density at radius 3 is 2.64 bits per heavy atom. The zero-order valence-electron chi connectivity index (χ0n) is 21.7. The number of methoxy groups -OCH3 is 1. The van der Waals surface area contributed by atoms with Gasteiger partial charge in [0, 0.05) is 42.9 Å². The molecule has 0 saturated carbocycles. The summed E-state index contributed by atoms with van der Waals surface area (Å²) in [6.45, 7) is 5.38. The zero-order valence-corrected chi connectivity index (χ0v) is 21.7. The molecule has 1 amide bonds. The summed E-state index contributed by atoms with van der Waals surface area (Å²) in [6, 6.07) is 8.60.